The van der Waals surface area contributed by atoms with Gasteiger partial charge < -0.3 is 9.84 Å². The number of aliphatic carboxylic acids is 1. The summed E-state index contributed by atoms with van der Waals surface area (Å²) in [6, 6.07) is 0. The van der Waals surface area contributed by atoms with E-state index in [1.54, 1.807) is 6.92 Å². The van der Waals surface area contributed by atoms with Crippen LogP contribution < -0.4 is 0 Å². The fourth-order valence-electron chi connectivity index (χ4n) is 0.203. The Hall–Kier alpha value is -0.990. The van der Waals surface area contributed by atoms with E-state index < -0.39 is 5.97 Å². The molecule has 0 radical (unpaired) electrons. The molecule has 0 saturated heterocycles. The molecule has 0 amide bonds. The van der Waals surface area contributed by atoms with Gasteiger partial charge in [0.15, 0.2) is 0 Å². The normalized spacial score (nSPS) is 9.62. The minimum Gasteiger partial charge on any atom is -0.501 e. The predicted molar refractivity (Wildman–Crippen MR) is 28.4 cm³/mol. The lowest BCUT2D eigenvalue weighted by Crippen LogP contribution is -1.87. The van der Waals surface area contributed by atoms with Crippen molar-refractivity contribution in [2.24, 2.45) is 0 Å². The average Bonchev–Trinajstić information content (AvgIpc) is 1.66. The highest BCUT2D eigenvalue weighted by atomic mass is 16.5. The van der Waals surface area contributed by atoms with E-state index in [1.165, 1.54) is 0 Å². The zero-order valence-corrected chi connectivity index (χ0v) is 4.63. The lowest BCUT2D eigenvalue weighted by molar-refractivity contribution is -0.131. The SMILES string of the molecule is CCO/C=C\C(=O)O. The van der Waals surface area contributed by atoms with Crippen molar-refractivity contribution in [2.45, 2.75) is 6.92 Å². The molecular weight excluding hydrogens is 108 g/mol. The minimum absolute atomic E-state index is 0.504. The lowest BCUT2D eigenvalue weighted by atomic mass is 10.6. The Kier molecular flexibility index (Phi) is 3.66. The summed E-state index contributed by atoms with van der Waals surface area (Å²) in [7, 11) is 0. The van der Waals surface area contributed by atoms with E-state index in [9.17, 15) is 4.79 Å². The number of hydrogen-bond acceptors (Lipinski definition) is 2. The van der Waals surface area contributed by atoms with Gasteiger partial charge in [0.05, 0.1) is 18.9 Å². The van der Waals surface area contributed by atoms with Crippen molar-refractivity contribution in [2.75, 3.05) is 6.61 Å². The second kappa shape index (κ2) is 4.18. The first-order chi connectivity index (χ1) is 3.77. The van der Waals surface area contributed by atoms with Gasteiger partial charge in [-0.25, -0.2) is 4.79 Å². The highest BCUT2D eigenvalue weighted by Crippen LogP contribution is 1.74. The number of hydrogen-bond donors (Lipinski definition) is 1. The third-order valence-electron chi connectivity index (χ3n) is 0.474. The number of ether oxygens (including phenoxy) is 1. The maximum atomic E-state index is 9.71. The van der Waals surface area contributed by atoms with Crippen LogP contribution in [0.2, 0.25) is 0 Å². The maximum Gasteiger partial charge on any atom is 0.331 e. The molecule has 0 heterocycles. The topological polar surface area (TPSA) is 46.5 Å². The van der Waals surface area contributed by atoms with Crippen molar-refractivity contribution in [3.63, 3.8) is 0 Å². The van der Waals surface area contributed by atoms with Gasteiger partial charge in [-0.3, -0.25) is 0 Å². The van der Waals surface area contributed by atoms with Crippen LogP contribution in [0.3, 0.4) is 0 Å². The number of carboxylic acids is 1. The average molecular weight is 116 g/mol. The van der Waals surface area contributed by atoms with Crippen molar-refractivity contribution in [1.82, 2.24) is 0 Å². The Morgan fingerprint density at radius 2 is 2.50 bits per heavy atom. The van der Waals surface area contributed by atoms with Gasteiger partial charge in [-0.2, -0.15) is 0 Å². The standard InChI is InChI=1S/C5H8O3/c1-2-8-4-3-5(6)7/h3-4H,2H2,1H3,(H,6,7)/b4-3-. The Bertz CT molecular complexity index is 95.8. The van der Waals surface area contributed by atoms with E-state index in [0.717, 1.165) is 12.3 Å². The van der Waals surface area contributed by atoms with E-state index in [-0.39, 0.29) is 0 Å². The zero-order chi connectivity index (χ0) is 6.41. The van der Waals surface area contributed by atoms with Gasteiger partial charge in [-0.15, -0.1) is 0 Å². The van der Waals surface area contributed by atoms with Gasteiger partial charge in [0, 0.05) is 0 Å². The summed E-state index contributed by atoms with van der Waals surface area (Å²) in [6.07, 6.45) is 2.10. The van der Waals surface area contributed by atoms with Crippen LogP contribution >= 0.6 is 0 Å². The number of carboxylic acid groups (broad SMARTS) is 1. The molecule has 0 aliphatic heterocycles. The molecule has 0 unspecified atom stereocenters. The molecule has 0 fully saturated rings. The van der Waals surface area contributed by atoms with Crippen LogP contribution in [0, 0.1) is 0 Å². The Labute approximate surface area is 47.6 Å². The molecule has 8 heavy (non-hydrogen) atoms. The molecule has 0 atom stereocenters. The van der Waals surface area contributed by atoms with Crippen molar-refractivity contribution < 1.29 is 14.6 Å². The van der Waals surface area contributed by atoms with E-state index in [0.29, 0.717) is 6.61 Å². The minimum atomic E-state index is -0.988. The Balaban J connectivity index is 3.20. The van der Waals surface area contributed by atoms with Gasteiger partial charge >= 0.3 is 5.97 Å². The third kappa shape index (κ3) is 5.01. The zero-order valence-electron chi connectivity index (χ0n) is 4.63. The van der Waals surface area contributed by atoms with Crippen LogP contribution in [0.25, 0.3) is 0 Å². The molecule has 0 bridgehead atoms. The molecule has 3 nitrogen and oxygen atoms in total. The van der Waals surface area contributed by atoms with E-state index in [4.69, 9.17) is 5.11 Å². The smallest absolute Gasteiger partial charge is 0.331 e. The second-order valence-corrected chi connectivity index (χ2v) is 1.10. The molecule has 0 aromatic carbocycles. The van der Waals surface area contributed by atoms with Crippen LogP contribution in [-0.4, -0.2) is 17.7 Å². The quantitative estimate of drug-likeness (QED) is 0.434. The first-order valence-electron chi connectivity index (χ1n) is 2.28. The van der Waals surface area contributed by atoms with Crippen molar-refractivity contribution in [3.8, 4) is 0 Å². The molecular formula is C5H8O3. The molecule has 0 spiro atoms. The fourth-order valence-corrected chi connectivity index (χ4v) is 0.203. The molecule has 0 saturated carbocycles. The van der Waals surface area contributed by atoms with Crippen LogP contribution in [0.15, 0.2) is 12.3 Å². The van der Waals surface area contributed by atoms with E-state index in [2.05, 4.69) is 4.74 Å². The van der Waals surface area contributed by atoms with E-state index >= 15 is 0 Å². The monoisotopic (exact) mass is 116 g/mol. The highest BCUT2D eigenvalue weighted by molar-refractivity contribution is 5.79. The van der Waals surface area contributed by atoms with Gasteiger partial charge in [-0.1, -0.05) is 0 Å². The summed E-state index contributed by atoms with van der Waals surface area (Å²) >= 11 is 0. The largest absolute Gasteiger partial charge is 0.501 e. The highest BCUT2D eigenvalue weighted by Gasteiger charge is 1.81. The first kappa shape index (κ1) is 7.01. The summed E-state index contributed by atoms with van der Waals surface area (Å²) < 4.78 is 4.58. The summed E-state index contributed by atoms with van der Waals surface area (Å²) in [6.45, 7) is 2.29. The molecule has 1 N–H and O–H groups in total. The molecule has 0 aromatic heterocycles. The van der Waals surface area contributed by atoms with Crippen LogP contribution in [0.5, 0.6) is 0 Å². The lowest BCUT2D eigenvalue weighted by Gasteiger charge is -1.87. The fraction of sp³-hybridized carbons (Fsp3) is 0.400. The van der Waals surface area contributed by atoms with Crippen LogP contribution in [0.1, 0.15) is 6.92 Å². The van der Waals surface area contributed by atoms with Gasteiger partial charge in [0.2, 0.25) is 0 Å². The van der Waals surface area contributed by atoms with Crippen LogP contribution in [0.4, 0.5) is 0 Å². The third-order valence-corrected chi connectivity index (χ3v) is 0.474. The van der Waals surface area contributed by atoms with Crippen molar-refractivity contribution >= 4 is 5.97 Å². The summed E-state index contributed by atoms with van der Waals surface area (Å²) in [5.41, 5.74) is 0. The summed E-state index contributed by atoms with van der Waals surface area (Å²) in [5, 5.41) is 7.97. The van der Waals surface area contributed by atoms with Crippen molar-refractivity contribution in [3.05, 3.63) is 12.3 Å². The molecule has 0 aromatic rings. The predicted octanol–water partition coefficient (Wildman–Crippen LogP) is 0.621. The van der Waals surface area contributed by atoms with Gasteiger partial charge in [0.25, 0.3) is 0 Å². The first-order valence-corrected chi connectivity index (χ1v) is 2.28. The van der Waals surface area contributed by atoms with Crippen LogP contribution in [-0.2, 0) is 9.53 Å². The van der Waals surface area contributed by atoms with Crippen molar-refractivity contribution in [1.29, 1.82) is 0 Å². The number of carbonyl (C=O) groups is 1. The second-order valence-electron chi connectivity index (χ2n) is 1.10. The Morgan fingerprint density at radius 1 is 1.88 bits per heavy atom. The van der Waals surface area contributed by atoms with Gasteiger partial charge in [-0.05, 0) is 6.92 Å². The molecule has 0 aliphatic carbocycles. The number of rotatable bonds is 3. The summed E-state index contributed by atoms with van der Waals surface area (Å²) in [5.74, 6) is -0.988. The molecule has 0 aliphatic rings. The van der Waals surface area contributed by atoms with E-state index in [1.807, 2.05) is 0 Å². The maximum absolute atomic E-state index is 9.71. The van der Waals surface area contributed by atoms with Gasteiger partial charge in [0.1, 0.15) is 0 Å². The summed E-state index contributed by atoms with van der Waals surface area (Å²) in [4.78, 5) is 9.71. The molecule has 0 rings (SSSR count). The molecule has 46 valence electrons. The Morgan fingerprint density at radius 3 is 2.88 bits per heavy atom. The molecule has 3 heteroatoms.